The molecule has 5 heteroatoms. The first-order valence-corrected chi connectivity index (χ1v) is 6.39. The van der Waals surface area contributed by atoms with E-state index in [1.807, 2.05) is 11.8 Å². The van der Waals surface area contributed by atoms with Crippen LogP contribution in [0.5, 0.6) is 0 Å². The van der Waals surface area contributed by atoms with Gasteiger partial charge in [-0.3, -0.25) is 9.59 Å². The number of carbonyl (C=O) groups is 2. The van der Waals surface area contributed by atoms with Gasteiger partial charge in [-0.25, -0.2) is 0 Å². The molecule has 0 atom stereocenters. The fourth-order valence-electron chi connectivity index (χ4n) is 2.13. The van der Waals surface area contributed by atoms with Gasteiger partial charge in [-0.05, 0) is 19.4 Å². The quantitative estimate of drug-likeness (QED) is 0.665. The van der Waals surface area contributed by atoms with Crippen molar-refractivity contribution < 1.29 is 9.59 Å². The van der Waals surface area contributed by atoms with E-state index >= 15 is 0 Å². The summed E-state index contributed by atoms with van der Waals surface area (Å²) in [6.07, 6.45) is 2.12. The lowest BCUT2D eigenvalue weighted by atomic mass is 9.96. The molecule has 1 saturated heterocycles. The SMILES string of the molecule is CCNCCC(=O)N1CCC(C(=O)NC)CC1. The van der Waals surface area contributed by atoms with Crippen molar-refractivity contribution in [1.82, 2.24) is 15.5 Å². The highest BCUT2D eigenvalue weighted by atomic mass is 16.2. The smallest absolute Gasteiger partial charge is 0.223 e. The second-order valence-electron chi connectivity index (χ2n) is 4.37. The molecule has 0 radical (unpaired) electrons. The Morgan fingerprint density at radius 2 is 1.94 bits per heavy atom. The summed E-state index contributed by atoms with van der Waals surface area (Å²) in [6, 6.07) is 0. The van der Waals surface area contributed by atoms with Gasteiger partial charge in [0.2, 0.25) is 11.8 Å². The molecule has 1 aliphatic heterocycles. The van der Waals surface area contributed by atoms with Gasteiger partial charge in [0.15, 0.2) is 0 Å². The monoisotopic (exact) mass is 241 g/mol. The number of carbonyl (C=O) groups excluding carboxylic acids is 2. The van der Waals surface area contributed by atoms with E-state index in [1.54, 1.807) is 7.05 Å². The van der Waals surface area contributed by atoms with Crippen LogP contribution < -0.4 is 10.6 Å². The molecular weight excluding hydrogens is 218 g/mol. The fraction of sp³-hybridized carbons (Fsp3) is 0.833. The number of nitrogens with one attached hydrogen (secondary N) is 2. The fourth-order valence-corrected chi connectivity index (χ4v) is 2.13. The summed E-state index contributed by atoms with van der Waals surface area (Å²) < 4.78 is 0. The van der Waals surface area contributed by atoms with Crippen LogP contribution in [0.15, 0.2) is 0 Å². The molecule has 0 bridgehead atoms. The normalized spacial score (nSPS) is 16.9. The van der Waals surface area contributed by atoms with Crippen molar-refractivity contribution >= 4 is 11.8 Å². The minimum absolute atomic E-state index is 0.0813. The number of hydrogen-bond donors (Lipinski definition) is 2. The van der Waals surface area contributed by atoms with Gasteiger partial charge >= 0.3 is 0 Å². The molecule has 0 aromatic rings. The summed E-state index contributed by atoms with van der Waals surface area (Å²) in [7, 11) is 1.66. The predicted molar refractivity (Wildman–Crippen MR) is 66.5 cm³/mol. The van der Waals surface area contributed by atoms with Crippen molar-refractivity contribution in [2.24, 2.45) is 5.92 Å². The highest BCUT2D eigenvalue weighted by Crippen LogP contribution is 2.17. The second-order valence-corrected chi connectivity index (χ2v) is 4.37. The predicted octanol–water partition coefficient (Wildman–Crippen LogP) is -0.0294. The van der Waals surface area contributed by atoms with Crippen molar-refractivity contribution in [2.45, 2.75) is 26.2 Å². The van der Waals surface area contributed by atoms with E-state index in [2.05, 4.69) is 10.6 Å². The molecule has 2 N–H and O–H groups in total. The van der Waals surface area contributed by atoms with Gasteiger partial charge in [0, 0.05) is 39.0 Å². The minimum atomic E-state index is 0.0813. The van der Waals surface area contributed by atoms with Crippen LogP contribution in [-0.4, -0.2) is 49.9 Å². The van der Waals surface area contributed by atoms with Gasteiger partial charge in [0.05, 0.1) is 0 Å². The Labute approximate surface area is 103 Å². The lowest BCUT2D eigenvalue weighted by Gasteiger charge is -2.31. The zero-order chi connectivity index (χ0) is 12.7. The molecule has 5 nitrogen and oxygen atoms in total. The topological polar surface area (TPSA) is 61.4 Å². The van der Waals surface area contributed by atoms with Crippen LogP contribution >= 0.6 is 0 Å². The third-order valence-electron chi connectivity index (χ3n) is 3.23. The van der Waals surface area contributed by atoms with Crippen molar-refractivity contribution in [2.75, 3.05) is 33.2 Å². The highest BCUT2D eigenvalue weighted by Gasteiger charge is 2.26. The number of likely N-dealkylation sites (tertiary alicyclic amines) is 1. The molecule has 1 aliphatic rings. The summed E-state index contributed by atoms with van der Waals surface area (Å²) in [5, 5.41) is 5.81. The molecule has 2 amide bonds. The Balaban J connectivity index is 2.26. The highest BCUT2D eigenvalue weighted by molar-refractivity contribution is 5.79. The summed E-state index contributed by atoms with van der Waals surface area (Å²) in [5.41, 5.74) is 0. The van der Waals surface area contributed by atoms with Gasteiger partial charge in [-0.15, -0.1) is 0 Å². The van der Waals surface area contributed by atoms with Crippen LogP contribution in [0.1, 0.15) is 26.2 Å². The molecule has 0 aromatic heterocycles. The van der Waals surface area contributed by atoms with Crippen LogP contribution in [0, 0.1) is 5.92 Å². The molecule has 0 saturated carbocycles. The van der Waals surface area contributed by atoms with Crippen molar-refractivity contribution in [1.29, 1.82) is 0 Å². The minimum Gasteiger partial charge on any atom is -0.359 e. The third-order valence-corrected chi connectivity index (χ3v) is 3.23. The van der Waals surface area contributed by atoms with Crippen molar-refractivity contribution in [3.8, 4) is 0 Å². The van der Waals surface area contributed by atoms with E-state index in [9.17, 15) is 9.59 Å². The average Bonchev–Trinajstić information content (AvgIpc) is 2.38. The van der Waals surface area contributed by atoms with Gasteiger partial charge in [0.25, 0.3) is 0 Å². The molecular formula is C12H23N3O2. The lowest BCUT2D eigenvalue weighted by molar-refractivity contribution is -0.135. The summed E-state index contributed by atoms with van der Waals surface area (Å²) in [4.78, 5) is 25.1. The van der Waals surface area contributed by atoms with Gasteiger partial charge < -0.3 is 15.5 Å². The summed E-state index contributed by atoms with van der Waals surface area (Å²) in [6.45, 7) is 5.09. The molecule has 17 heavy (non-hydrogen) atoms. The molecule has 0 spiro atoms. The maximum atomic E-state index is 11.8. The van der Waals surface area contributed by atoms with E-state index in [4.69, 9.17) is 0 Å². The van der Waals surface area contributed by atoms with Crippen LogP contribution in [0.4, 0.5) is 0 Å². The third kappa shape index (κ3) is 4.34. The summed E-state index contributed by atoms with van der Waals surface area (Å²) >= 11 is 0. The van der Waals surface area contributed by atoms with Crippen molar-refractivity contribution in [3.63, 3.8) is 0 Å². The Hall–Kier alpha value is -1.10. The average molecular weight is 241 g/mol. The standard InChI is InChI=1S/C12H23N3O2/c1-3-14-7-4-11(16)15-8-5-10(6-9-15)12(17)13-2/h10,14H,3-9H2,1-2H3,(H,13,17). The van der Waals surface area contributed by atoms with Crippen LogP contribution in [0.3, 0.4) is 0 Å². The molecule has 0 aliphatic carbocycles. The number of amides is 2. The maximum absolute atomic E-state index is 11.8. The van der Waals surface area contributed by atoms with E-state index in [-0.39, 0.29) is 17.7 Å². The van der Waals surface area contributed by atoms with Crippen LogP contribution in [0.2, 0.25) is 0 Å². The van der Waals surface area contributed by atoms with E-state index in [0.717, 1.165) is 25.9 Å². The number of piperidine rings is 1. The number of nitrogens with zero attached hydrogens (tertiary/aromatic N) is 1. The largest absolute Gasteiger partial charge is 0.359 e. The molecule has 1 fully saturated rings. The first kappa shape index (κ1) is 14.0. The molecule has 0 aromatic carbocycles. The lowest BCUT2D eigenvalue weighted by Crippen LogP contribution is -2.43. The Morgan fingerprint density at radius 1 is 1.29 bits per heavy atom. The Kier molecular flexibility index (Phi) is 5.97. The molecule has 1 heterocycles. The Morgan fingerprint density at radius 3 is 2.47 bits per heavy atom. The van der Waals surface area contributed by atoms with E-state index in [0.29, 0.717) is 19.5 Å². The van der Waals surface area contributed by atoms with Gasteiger partial charge in [-0.2, -0.15) is 0 Å². The number of rotatable bonds is 5. The molecule has 0 unspecified atom stereocenters. The van der Waals surface area contributed by atoms with Gasteiger partial charge in [-0.1, -0.05) is 6.92 Å². The first-order chi connectivity index (χ1) is 8.19. The van der Waals surface area contributed by atoms with E-state index in [1.165, 1.54) is 0 Å². The van der Waals surface area contributed by atoms with Crippen LogP contribution in [0.25, 0.3) is 0 Å². The maximum Gasteiger partial charge on any atom is 0.223 e. The zero-order valence-corrected chi connectivity index (χ0v) is 10.8. The molecule has 1 rings (SSSR count). The summed E-state index contributed by atoms with van der Waals surface area (Å²) in [5.74, 6) is 0.379. The second kappa shape index (κ2) is 7.27. The van der Waals surface area contributed by atoms with Crippen molar-refractivity contribution in [3.05, 3.63) is 0 Å². The number of hydrogen-bond acceptors (Lipinski definition) is 3. The van der Waals surface area contributed by atoms with Gasteiger partial charge in [0.1, 0.15) is 0 Å². The van der Waals surface area contributed by atoms with E-state index < -0.39 is 0 Å². The molecule has 98 valence electrons. The zero-order valence-electron chi connectivity index (χ0n) is 10.8. The Bertz CT molecular complexity index is 260. The first-order valence-electron chi connectivity index (χ1n) is 6.39. The van der Waals surface area contributed by atoms with Crippen LogP contribution in [-0.2, 0) is 9.59 Å².